The summed E-state index contributed by atoms with van der Waals surface area (Å²) in [5, 5.41) is 12.8. The molecule has 0 aliphatic heterocycles. The number of aliphatic hydroxyl groups excluding tert-OH is 1. The summed E-state index contributed by atoms with van der Waals surface area (Å²) in [4.78, 5) is 38.9. The molecular formula is C35H37ClF2N2O8. The van der Waals surface area contributed by atoms with Gasteiger partial charge in [0.25, 0.3) is 0 Å². The lowest BCUT2D eigenvalue weighted by atomic mass is 10.0. The van der Waals surface area contributed by atoms with Crippen molar-refractivity contribution in [3.63, 3.8) is 0 Å². The molecule has 13 heteroatoms. The summed E-state index contributed by atoms with van der Waals surface area (Å²) in [6, 6.07) is 8.55. The number of nitrogens with one attached hydrogen (secondary N) is 1. The van der Waals surface area contributed by atoms with Crippen molar-refractivity contribution in [1.29, 1.82) is 0 Å². The number of rotatable bonds is 12. The third-order valence-electron chi connectivity index (χ3n) is 7.33. The van der Waals surface area contributed by atoms with Crippen LogP contribution in [-0.4, -0.2) is 48.0 Å². The van der Waals surface area contributed by atoms with E-state index in [0.29, 0.717) is 17.1 Å². The maximum atomic E-state index is 15.6. The Morgan fingerprint density at radius 3 is 2.38 bits per heavy atom. The molecule has 0 saturated carbocycles. The van der Waals surface area contributed by atoms with Gasteiger partial charge in [-0.15, -0.1) is 0 Å². The van der Waals surface area contributed by atoms with E-state index in [2.05, 4.69) is 5.32 Å². The lowest BCUT2D eigenvalue weighted by Crippen LogP contribution is -2.24. The SMILES string of the molecule is CCOC(=O)c1cn(-c2cc(NCc3ccc(OC)cc3OC)c(F)cc2CO)c2c(Cl)c(CCC(=O)OC(C)(C)C)c(F)cc2c1=O. The van der Waals surface area contributed by atoms with Crippen molar-refractivity contribution in [2.24, 2.45) is 0 Å². The first kappa shape index (κ1) is 36.2. The second kappa shape index (κ2) is 15.0. The van der Waals surface area contributed by atoms with Crippen molar-refractivity contribution in [2.75, 3.05) is 26.1 Å². The van der Waals surface area contributed by atoms with E-state index in [1.165, 1.54) is 24.9 Å². The van der Waals surface area contributed by atoms with Crippen LogP contribution in [0, 0.1) is 11.6 Å². The zero-order valence-electron chi connectivity index (χ0n) is 27.5. The second-order valence-electron chi connectivity index (χ2n) is 11.7. The normalized spacial score (nSPS) is 11.4. The molecule has 48 heavy (non-hydrogen) atoms. The van der Waals surface area contributed by atoms with Crippen molar-refractivity contribution >= 4 is 40.1 Å². The molecular weight excluding hydrogens is 650 g/mol. The summed E-state index contributed by atoms with van der Waals surface area (Å²) in [7, 11) is 3.01. The fourth-order valence-electron chi connectivity index (χ4n) is 5.12. The van der Waals surface area contributed by atoms with Crippen LogP contribution in [0.5, 0.6) is 11.5 Å². The van der Waals surface area contributed by atoms with Crippen molar-refractivity contribution in [3.8, 4) is 17.2 Å². The Kier molecular flexibility index (Phi) is 11.3. The van der Waals surface area contributed by atoms with Crippen molar-refractivity contribution in [2.45, 2.75) is 59.3 Å². The number of carbonyl (C=O) groups is 2. The van der Waals surface area contributed by atoms with Crippen LogP contribution >= 0.6 is 11.6 Å². The van der Waals surface area contributed by atoms with Gasteiger partial charge in [0.2, 0.25) is 5.43 Å². The molecule has 4 rings (SSSR count). The number of aliphatic hydroxyl groups is 1. The van der Waals surface area contributed by atoms with E-state index >= 15 is 8.78 Å². The highest BCUT2D eigenvalue weighted by Gasteiger charge is 2.25. The number of ether oxygens (including phenoxy) is 4. The van der Waals surface area contributed by atoms with Crippen LogP contribution in [0.4, 0.5) is 14.5 Å². The molecule has 1 aromatic heterocycles. The van der Waals surface area contributed by atoms with Gasteiger partial charge in [0.05, 0.1) is 54.7 Å². The molecule has 4 aromatic rings. The first-order chi connectivity index (χ1) is 22.7. The van der Waals surface area contributed by atoms with Crippen LogP contribution in [0.15, 0.2) is 47.4 Å². The molecule has 0 saturated heterocycles. The van der Waals surface area contributed by atoms with E-state index in [-0.39, 0.29) is 64.4 Å². The highest BCUT2D eigenvalue weighted by atomic mass is 35.5. The molecule has 0 amide bonds. The van der Waals surface area contributed by atoms with Crippen LogP contribution in [0.3, 0.4) is 0 Å². The molecule has 256 valence electrons. The minimum atomic E-state index is -0.971. The number of nitrogens with zero attached hydrogens (tertiary/aromatic N) is 1. The molecule has 0 atom stereocenters. The number of pyridine rings is 1. The third kappa shape index (κ3) is 7.88. The van der Waals surface area contributed by atoms with Crippen LogP contribution in [0.2, 0.25) is 5.02 Å². The largest absolute Gasteiger partial charge is 0.497 e. The number of hydrogen-bond donors (Lipinski definition) is 2. The van der Waals surface area contributed by atoms with Crippen LogP contribution in [-0.2, 0) is 33.8 Å². The summed E-state index contributed by atoms with van der Waals surface area (Å²) in [5.41, 5.74) is -1.29. The van der Waals surface area contributed by atoms with E-state index in [9.17, 15) is 19.5 Å². The molecule has 0 bridgehead atoms. The van der Waals surface area contributed by atoms with E-state index in [1.807, 2.05) is 0 Å². The first-order valence-electron chi connectivity index (χ1n) is 15.1. The van der Waals surface area contributed by atoms with Gasteiger partial charge in [0, 0.05) is 41.9 Å². The number of halogens is 3. The maximum Gasteiger partial charge on any atom is 0.343 e. The van der Waals surface area contributed by atoms with Crippen LogP contribution in [0.25, 0.3) is 16.6 Å². The lowest BCUT2D eigenvalue weighted by Gasteiger charge is -2.21. The number of fused-ring (bicyclic) bond motifs is 1. The highest BCUT2D eigenvalue weighted by molar-refractivity contribution is 6.36. The minimum absolute atomic E-state index is 0.00649. The predicted octanol–water partition coefficient (Wildman–Crippen LogP) is 6.49. The fraction of sp³-hybridized carbons (Fsp3) is 0.343. The lowest BCUT2D eigenvalue weighted by molar-refractivity contribution is -0.154. The Bertz CT molecular complexity index is 1920. The van der Waals surface area contributed by atoms with E-state index in [0.717, 1.165) is 18.3 Å². The van der Waals surface area contributed by atoms with Crippen LogP contribution in [0.1, 0.15) is 61.2 Å². The van der Waals surface area contributed by atoms with Gasteiger partial charge in [0.1, 0.15) is 34.3 Å². The molecule has 2 N–H and O–H groups in total. The van der Waals surface area contributed by atoms with E-state index < -0.39 is 46.8 Å². The van der Waals surface area contributed by atoms with Gasteiger partial charge in [-0.1, -0.05) is 11.6 Å². The number of esters is 2. The molecule has 0 fully saturated rings. The maximum absolute atomic E-state index is 15.6. The number of benzene rings is 3. The molecule has 0 aliphatic carbocycles. The molecule has 3 aromatic carbocycles. The molecule has 10 nitrogen and oxygen atoms in total. The summed E-state index contributed by atoms with van der Waals surface area (Å²) >= 11 is 6.81. The number of hydrogen-bond acceptors (Lipinski definition) is 9. The van der Waals surface area contributed by atoms with Gasteiger partial charge in [-0.3, -0.25) is 9.59 Å². The Balaban J connectivity index is 1.91. The van der Waals surface area contributed by atoms with Gasteiger partial charge < -0.3 is 33.9 Å². The summed E-state index contributed by atoms with van der Waals surface area (Å²) in [6.07, 6.45) is 0.773. The Morgan fingerprint density at radius 2 is 1.75 bits per heavy atom. The van der Waals surface area contributed by atoms with Gasteiger partial charge >= 0.3 is 11.9 Å². The molecule has 0 aliphatic rings. The molecule has 0 unspecified atom stereocenters. The zero-order chi connectivity index (χ0) is 35.3. The second-order valence-corrected chi connectivity index (χ2v) is 12.1. The quantitative estimate of drug-likeness (QED) is 0.161. The highest BCUT2D eigenvalue weighted by Crippen LogP contribution is 2.35. The van der Waals surface area contributed by atoms with Crippen molar-refractivity contribution < 1.29 is 42.4 Å². The third-order valence-corrected chi connectivity index (χ3v) is 7.74. The first-order valence-corrected chi connectivity index (χ1v) is 15.4. The predicted molar refractivity (Wildman–Crippen MR) is 177 cm³/mol. The smallest absolute Gasteiger partial charge is 0.343 e. The van der Waals surface area contributed by atoms with Gasteiger partial charge in [-0.25, -0.2) is 13.6 Å². The Hall–Kier alpha value is -4.68. The van der Waals surface area contributed by atoms with Crippen LogP contribution < -0.4 is 20.2 Å². The fourth-order valence-corrected chi connectivity index (χ4v) is 5.50. The summed E-state index contributed by atoms with van der Waals surface area (Å²) < 4.78 is 53.4. The Morgan fingerprint density at radius 1 is 1.02 bits per heavy atom. The number of carbonyl (C=O) groups excluding carboxylic acids is 2. The van der Waals surface area contributed by atoms with Gasteiger partial charge in [-0.05, 0) is 64.4 Å². The average molecular weight is 687 g/mol. The number of aromatic nitrogens is 1. The van der Waals surface area contributed by atoms with Gasteiger partial charge in [-0.2, -0.15) is 0 Å². The molecule has 0 spiro atoms. The minimum Gasteiger partial charge on any atom is -0.497 e. The standard InChI is InChI=1S/C35H37ClF2N2O8/c1-7-47-34(44)24-17-40(32-23(33(24)43)14-25(37)22(31(32)36)10-11-30(42)48-35(2,3)4)28-15-27(26(38)12-20(28)18-41)39-16-19-8-9-21(45-5)13-29(19)46-6/h8-9,12-15,17,39,41H,7,10-11,16,18H2,1-6H3. The number of methoxy groups -OCH3 is 2. The molecule has 0 radical (unpaired) electrons. The summed E-state index contributed by atoms with van der Waals surface area (Å²) in [5.74, 6) is -2.08. The average Bonchev–Trinajstić information content (AvgIpc) is 3.03. The van der Waals surface area contributed by atoms with E-state index in [1.54, 1.807) is 45.9 Å². The van der Waals surface area contributed by atoms with Crippen molar-refractivity contribution in [1.82, 2.24) is 4.57 Å². The summed E-state index contributed by atoms with van der Waals surface area (Å²) in [6.45, 7) is 6.08. The topological polar surface area (TPSA) is 125 Å². The van der Waals surface area contributed by atoms with Crippen molar-refractivity contribution in [3.05, 3.63) is 91.7 Å². The zero-order valence-corrected chi connectivity index (χ0v) is 28.2. The number of anilines is 1. The van der Waals surface area contributed by atoms with E-state index in [4.69, 9.17) is 30.5 Å². The van der Waals surface area contributed by atoms with Gasteiger partial charge in [0.15, 0.2) is 0 Å². The monoisotopic (exact) mass is 686 g/mol. The Labute approximate surface area is 281 Å². The molecule has 1 heterocycles.